The van der Waals surface area contributed by atoms with Crippen LogP contribution in [0.25, 0.3) is 0 Å². The number of Topliss-reactive ketones (excluding diaryl/α,β-unsaturated/α-hetero) is 2. The van der Waals surface area contributed by atoms with E-state index in [0.717, 1.165) is 32.6 Å². The van der Waals surface area contributed by atoms with E-state index < -0.39 is 71.2 Å². The summed E-state index contributed by atoms with van der Waals surface area (Å²) in [4.78, 5) is 96.4. The lowest BCUT2D eigenvalue weighted by Crippen LogP contribution is -2.55. The second-order valence-electron chi connectivity index (χ2n) is 14.2. The zero-order valence-electron chi connectivity index (χ0n) is 35.4. The van der Waals surface area contributed by atoms with Crippen LogP contribution in [0, 0.1) is 0 Å². The second kappa shape index (κ2) is 26.6. The number of ketones is 2. The van der Waals surface area contributed by atoms with E-state index in [9.17, 15) is 38.4 Å². The summed E-state index contributed by atoms with van der Waals surface area (Å²) < 4.78 is 24.3. The molecule has 2 aromatic rings. The number of carbonyl (C=O) groups is 8. The summed E-state index contributed by atoms with van der Waals surface area (Å²) in [6, 6.07) is 14.0. The Hall–Kier alpha value is -4.93. The lowest BCUT2D eigenvalue weighted by Gasteiger charge is -2.43. The summed E-state index contributed by atoms with van der Waals surface area (Å²) in [5.74, 6) is -3.36. The number of esters is 3. The van der Waals surface area contributed by atoms with Crippen molar-refractivity contribution in [1.29, 1.82) is 0 Å². The molecule has 0 saturated heterocycles. The molecule has 0 bridgehead atoms. The van der Waals surface area contributed by atoms with Gasteiger partial charge in [-0.1, -0.05) is 86.1 Å². The molecule has 2 fully saturated rings. The van der Waals surface area contributed by atoms with E-state index in [2.05, 4.69) is 4.74 Å². The molecule has 352 valence electrons. The number of carbonyl (C=O) groups excluding carboxylic acids is 7. The quantitative estimate of drug-likeness (QED) is 0.0964. The number of ether oxygens (including phenoxy) is 5. The number of likely N-dealkylation sites (N-methyl/N-ethyl adjacent to an activating group) is 2. The number of alkyl halides is 1. The highest BCUT2D eigenvalue weighted by Gasteiger charge is 2.50. The average molecular weight is 948 g/mol. The largest absolute Gasteiger partial charge is 0.479 e. The third-order valence-electron chi connectivity index (χ3n) is 9.82. The molecule has 63 heavy (non-hydrogen) atoms. The molecule has 0 radical (unpaired) electrons. The van der Waals surface area contributed by atoms with E-state index in [-0.39, 0.29) is 26.4 Å². The first-order valence-electron chi connectivity index (χ1n) is 19.4. The van der Waals surface area contributed by atoms with Crippen molar-refractivity contribution < 1.29 is 67.1 Å². The minimum absolute atomic E-state index is 0. The Morgan fingerprint density at radius 3 is 1.33 bits per heavy atom. The lowest BCUT2D eigenvalue weighted by molar-refractivity contribution is -0.182. The molecule has 2 saturated carbocycles. The van der Waals surface area contributed by atoms with Gasteiger partial charge < -0.3 is 28.8 Å². The summed E-state index contributed by atoms with van der Waals surface area (Å²) in [7, 11) is 3.03. The molecule has 2 aromatic carbocycles. The van der Waals surface area contributed by atoms with Gasteiger partial charge in [0.1, 0.15) is 11.1 Å². The topological polar surface area (TPSA) is 209 Å². The Labute approximate surface area is 384 Å². The van der Waals surface area contributed by atoms with Gasteiger partial charge in [0.05, 0.1) is 0 Å². The molecule has 19 heteroatoms. The molecular formula is C44H61Cl3N2O14. The van der Waals surface area contributed by atoms with Crippen LogP contribution in [-0.4, -0.2) is 101 Å². The first kappa shape index (κ1) is 58.1. The number of amides is 2. The molecule has 0 aromatic heterocycles. The van der Waals surface area contributed by atoms with Crippen LogP contribution in [0.5, 0.6) is 0 Å². The minimum Gasteiger partial charge on any atom is -0.479 e. The number of benzene rings is 2. The van der Waals surface area contributed by atoms with Gasteiger partial charge in [-0.25, -0.2) is 19.2 Å². The first-order valence-corrected chi connectivity index (χ1v) is 20.6. The zero-order valence-corrected chi connectivity index (χ0v) is 37.6. The standard InChI is InChI=1S/C21H26ClNO7.C16H19Cl2NO3.C5H8O4.2CH4/c1-13(28-14(2)24)19(26)29-15(3)30-20(27)23(4)21(12-8-7-11-18(21)25)16-9-5-6-10-17(16)22;1-11(17)22-15(21)19(2)16(10-6-5-9-14(16)20)12-7-3-4-8-13(12)18;1-3(5(7)8)9-4(2)6;;/h5-6,9-10,13,15H,7-8,11-12H2,1-4H3;3-4,7-8,11H,5-6,9-10H2,1-2H3;3H,1-2H3,(H,7,8);2*1H4/t13-,15?,21+;11?,16-;3-;;/m101../s1. The molecule has 2 amide bonds. The van der Waals surface area contributed by atoms with E-state index in [1.807, 2.05) is 6.07 Å². The third-order valence-corrected chi connectivity index (χ3v) is 10.6. The summed E-state index contributed by atoms with van der Waals surface area (Å²) in [6.45, 7) is 7.88. The summed E-state index contributed by atoms with van der Waals surface area (Å²) in [6.07, 6.45) is -0.128. The first-order chi connectivity index (χ1) is 28.5. The van der Waals surface area contributed by atoms with Crippen molar-refractivity contribution in [2.75, 3.05) is 14.1 Å². The van der Waals surface area contributed by atoms with Crippen LogP contribution in [0.1, 0.15) is 119 Å². The highest BCUT2D eigenvalue weighted by molar-refractivity contribution is 6.32. The third kappa shape index (κ3) is 15.7. The zero-order chi connectivity index (χ0) is 46.2. The number of carboxylic acids is 1. The second-order valence-corrected chi connectivity index (χ2v) is 15.6. The number of rotatable bonds is 11. The molecule has 0 heterocycles. The fourth-order valence-electron chi connectivity index (χ4n) is 6.89. The molecule has 2 aliphatic carbocycles. The smallest absolute Gasteiger partial charge is 0.413 e. The SMILES string of the molecule is C.C.CC(=O)O[C@H](C)C(=O)O.CC(=O)O[C@H](C)C(=O)OC(C)OC(=O)N(C)[C@]1(c2ccccc2Cl)CCCCC1=O.CC(Cl)OC(=O)N(C)[C@]1(c2ccccc2Cl)CCCCC1=O. The van der Waals surface area contributed by atoms with Crippen LogP contribution in [0.4, 0.5) is 9.59 Å². The van der Waals surface area contributed by atoms with Gasteiger partial charge in [-0.15, -0.1) is 0 Å². The summed E-state index contributed by atoms with van der Waals surface area (Å²) in [5, 5.41) is 9.00. The number of hydrogen-bond donors (Lipinski definition) is 1. The van der Waals surface area contributed by atoms with Crippen molar-refractivity contribution in [1.82, 2.24) is 9.80 Å². The monoisotopic (exact) mass is 946 g/mol. The lowest BCUT2D eigenvalue weighted by atomic mass is 9.74. The van der Waals surface area contributed by atoms with Gasteiger partial charge in [0.25, 0.3) is 0 Å². The average Bonchev–Trinajstić information content (AvgIpc) is 3.18. The van der Waals surface area contributed by atoms with Crippen LogP contribution in [0.2, 0.25) is 10.0 Å². The van der Waals surface area contributed by atoms with Crippen molar-refractivity contribution in [2.45, 2.75) is 143 Å². The fraction of sp³-hybridized carbons (Fsp3) is 0.545. The Balaban J connectivity index is 0.00000102. The van der Waals surface area contributed by atoms with Crippen LogP contribution >= 0.6 is 34.8 Å². The maximum absolute atomic E-state index is 13.0. The molecule has 4 rings (SSSR count). The van der Waals surface area contributed by atoms with E-state index in [0.29, 0.717) is 46.9 Å². The molecule has 2 unspecified atom stereocenters. The normalized spacial score (nSPS) is 19.6. The number of nitrogens with zero attached hydrogens (tertiary/aromatic N) is 2. The highest BCUT2D eigenvalue weighted by Crippen LogP contribution is 2.44. The molecule has 0 aliphatic heterocycles. The number of carboxylic acid groups (broad SMARTS) is 1. The predicted octanol–water partition coefficient (Wildman–Crippen LogP) is 9.21. The predicted molar refractivity (Wildman–Crippen MR) is 236 cm³/mol. The Morgan fingerprint density at radius 2 is 1.00 bits per heavy atom. The van der Waals surface area contributed by atoms with E-state index in [1.165, 1.54) is 44.5 Å². The van der Waals surface area contributed by atoms with Gasteiger partial charge in [-0.3, -0.25) is 29.0 Å². The molecule has 0 spiro atoms. The van der Waals surface area contributed by atoms with Crippen molar-refractivity contribution in [3.8, 4) is 0 Å². The molecule has 2 aliphatic rings. The van der Waals surface area contributed by atoms with E-state index >= 15 is 0 Å². The van der Waals surface area contributed by atoms with E-state index in [4.69, 9.17) is 58.9 Å². The van der Waals surface area contributed by atoms with Gasteiger partial charge in [0.15, 0.2) is 29.3 Å². The van der Waals surface area contributed by atoms with Crippen molar-refractivity contribution in [3.05, 3.63) is 69.7 Å². The molecular weight excluding hydrogens is 887 g/mol. The summed E-state index contributed by atoms with van der Waals surface area (Å²) >= 11 is 18.4. The van der Waals surface area contributed by atoms with Crippen LogP contribution < -0.4 is 0 Å². The van der Waals surface area contributed by atoms with Crippen molar-refractivity contribution in [3.63, 3.8) is 0 Å². The van der Waals surface area contributed by atoms with Crippen molar-refractivity contribution in [2.24, 2.45) is 0 Å². The van der Waals surface area contributed by atoms with Crippen LogP contribution in [0.3, 0.4) is 0 Å². The van der Waals surface area contributed by atoms with E-state index in [1.54, 1.807) is 56.4 Å². The Kier molecular flexibility index (Phi) is 24.6. The van der Waals surface area contributed by atoms with Gasteiger partial charge in [-0.2, -0.15) is 0 Å². The Bertz CT molecular complexity index is 1910. The molecule has 6 atom stereocenters. The molecule has 1 N–H and O–H groups in total. The van der Waals surface area contributed by atoms with Crippen LogP contribution in [-0.2, 0) is 63.5 Å². The number of halogens is 3. The highest BCUT2D eigenvalue weighted by atomic mass is 35.5. The van der Waals surface area contributed by atoms with Gasteiger partial charge in [0, 0.05) is 68.9 Å². The number of aliphatic carboxylic acids is 1. The maximum atomic E-state index is 13.0. The fourth-order valence-corrected chi connectivity index (χ4v) is 7.55. The van der Waals surface area contributed by atoms with Crippen molar-refractivity contribution >= 4 is 82.4 Å². The van der Waals surface area contributed by atoms with Gasteiger partial charge in [0.2, 0.25) is 6.29 Å². The molecule has 16 nitrogen and oxygen atoms in total. The maximum Gasteiger partial charge on any atom is 0.413 e. The Morgan fingerprint density at radius 1 is 0.619 bits per heavy atom. The summed E-state index contributed by atoms with van der Waals surface area (Å²) in [5.41, 5.74) is -1.94. The minimum atomic E-state index is -1.26. The van der Waals surface area contributed by atoms with Gasteiger partial charge >= 0.3 is 36.1 Å². The number of hydrogen-bond acceptors (Lipinski definition) is 13. The van der Waals surface area contributed by atoms with Gasteiger partial charge in [-0.05, 0) is 71.4 Å². The van der Waals surface area contributed by atoms with Crippen LogP contribution in [0.15, 0.2) is 48.5 Å².